The van der Waals surface area contributed by atoms with Crippen LogP contribution < -0.4 is 16.2 Å². The van der Waals surface area contributed by atoms with Crippen molar-refractivity contribution < 1.29 is 4.74 Å². The molecule has 1 atom stereocenters. The molecule has 1 unspecified atom stereocenters. The second-order valence-electron chi connectivity index (χ2n) is 4.99. The molecular formula is C13H22N2O. The molecule has 0 radical (unpaired) electrons. The third kappa shape index (κ3) is 2.54. The van der Waals surface area contributed by atoms with Gasteiger partial charge >= 0.3 is 0 Å². The van der Waals surface area contributed by atoms with E-state index in [2.05, 4.69) is 0 Å². The summed E-state index contributed by atoms with van der Waals surface area (Å²) in [6, 6.07) is 3.92. The number of aryl methyl sites for hydroxylation is 2. The minimum Gasteiger partial charge on any atom is -0.496 e. The van der Waals surface area contributed by atoms with Crippen LogP contribution in [0.3, 0.4) is 0 Å². The zero-order chi connectivity index (χ0) is 12.5. The Morgan fingerprint density at radius 2 is 1.62 bits per heavy atom. The molecule has 0 saturated carbocycles. The number of ether oxygens (including phenoxy) is 1. The summed E-state index contributed by atoms with van der Waals surface area (Å²) in [5.74, 6) is 0.922. The van der Waals surface area contributed by atoms with Crippen molar-refractivity contribution in [1.82, 2.24) is 0 Å². The van der Waals surface area contributed by atoms with Crippen LogP contribution in [0.5, 0.6) is 5.75 Å². The van der Waals surface area contributed by atoms with Crippen LogP contribution in [-0.4, -0.2) is 12.6 Å². The van der Waals surface area contributed by atoms with E-state index in [-0.39, 0.29) is 6.04 Å². The largest absolute Gasteiger partial charge is 0.496 e. The Bertz CT molecular complexity index is 357. The topological polar surface area (TPSA) is 61.3 Å². The van der Waals surface area contributed by atoms with Gasteiger partial charge in [0.15, 0.2) is 0 Å². The molecule has 0 aliphatic rings. The van der Waals surface area contributed by atoms with E-state index >= 15 is 0 Å². The van der Waals surface area contributed by atoms with Gasteiger partial charge in [-0.2, -0.15) is 0 Å². The predicted molar refractivity (Wildman–Crippen MR) is 67.7 cm³/mol. The summed E-state index contributed by atoms with van der Waals surface area (Å²) < 4.78 is 5.32. The van der Waals surface area contributed by atoms with Gasteiger partial charge in [0.1, 0.15) is 5.75 Å². The summed E-state index contributed by atoms with van der Waals surface area (Å²) >= 11 is 0. The Morgan fingerprint density at radius 1 is 1.19 bits per heavy atom. The SMILES string of the molecule is COc1c(C)cc(C(N)C(C)(C)N)cc1C. The zero-order valence-electron chi connectivity index (χ0n) is 10.8. The van der Waals surface area contributed by atoms with E-state index in [1.807, 2.05) is 39.8 Å². The van der Waals surface area contributed by atoms with E-state index in [1.165, 1.54) is 0 Å². The van der Waals surface area contributed by atoms with E-state index in [0.717, 1.165) is 22.4 Å². The highest BCUT2D eigenvalue weighted by molar-refractivity contribution is 5.44. The van der Waals surface area contributed by atoms with Gasteiger partial charge in [-0.15, -0.1) is 0 Å². The lowest BCUT2D eigenvalue weighted by Crippen LogP contribution is -2.43. The number of hydrogen-bond donors (Lipinski definition) is 2. The molecule has 1 rings (SSSR count). The highest BCUT2D eigenvalue weighted by Gasteiger charge is 2.23. The lowest BCUT2D eigenvalue weighted by Gasteiger charge is -2.28. The molecule has 0 bridgehead atoms. The van der Waals surface area contributed by atoms with Gasteiger partial charge in [0.2, 0.25) is 0 Å². The minimum absolute atomic E-state index is 0.171. The Morgan fingerprint density at radius 3 is 1.94 bits per heavy atom. The lowest BCUT2D eigenvalue weighted by atomic mass is 9.88. The summed E-state index contributed by atoms with van der Waals surface area (Å²) in [5, 5.41) is 0. The van der Waals surface area contributed by atoms with Crippen LogP contribution in [0.25, 0.3) is 0 Å². The van der Waals surface area contributed by atoms with E-state index in [0.29, 0.717) is 0 Å². The number of methoxy groups -OCH3 is 1. The lowest BCUT2D eigenvalue weighted by molar-refractivity contribution is 0.404. The van der Waals surface area contributed by atoms with Crippen molar-refractivity contribution in [1.29, 1.82) is 0 Å². The van der Waals surface area contributed by atoms with Crippen molar-refractivity contribution in [3.63, 3.8) is 0 Å². The van der Waals surface area contributed by atoms with E-state index in [4.69, 9.17) is 16.2 Å². The number of nitrogens with two attached hydrogens (primary N) is 2. The normalized spacial score (nSPS) is 13.7. The van der Waals surface area contributed by atoms with Crippen molar-refractivity contribution in [3.05, 3.63) is 28.8 Å². The van der Waals surface area contributed by atoms with Crippen molar-refractivity contribution >= 4 is 0 Å². The van der Waals surface area contributed by atoms with E-state index in [9.17, 15) is 0 Å². The Labute approximate surface area is 97.8 Å². The molecule has 1 aromatic rings. The van der Waals surface area contributed by atoms with Gasteiger partial charge in [-0.25, -0.2) is 0 Å². The summed E-state index contributed by atoms with van der Waals surface area (Å²) in [6.45, 7) is 7.91. The highest BCUT2D eigenvalue weighted by atomic mass is 16.5. The summed E-state index contributed by atoms with van der Waals surface area (Å²) in [6.07, 6.45) is 0. The Hall–Kier alpha value is -1.06. The molecule has 0 fully saturated rings. The standard InChI is InChI=1S/C13H22N2O/c1-8-6-10(12(14)13(3,4)15)7-9(2)11(8)16-5/h6-7,12H,14-15H2,1-5H3. The molecule has 0 spiro atoms. The second-order valence-corrected chi connectivity index (χ2v) is 4.99. The van der Waals surface area contributed by atoms with Gasteiger partial charge in [0.05, 0.1) is 7.11 Å². The third-order valence-corrected chi connectivity index (χ3v) is 2.85. The van der Waals surface area contributed by atoms with Crippen LogP contribution in [0.4, 0.5) is 0 Å². The van der Waals surface area contributed by atoms with Crippen LogP contribution in [0.1, 0.15) is 36.6 Å². The Balaban J connectivity index is 3.19. The van der Waals surface area contributed by atoms with Crippen molar-refractivity contribution in [3.8, 4) is 5.75 Å². The molecular weight excluding hydrogens is 200 g/mol. The van der Waals surface area contributed by atoms with Crippen LogP contribution >= 0.6 is 0 Å². The molecule has 0 heterocycles. The number of hydrogen-bond acceptors (Lipinski definition) is 3. The predicted octanol–water partition coefficient (Wildman–Crippen LogP) is 2.05. The maximum absolute atomic E-state index is 6.14. The molecule has 4 N–H and O–H groups in total. The van der Waals surface area contributed by atoms with Crippen molar-refractivity contribution in [2.24, 2.45) is 11.5 Å². The summed E-state index contributed by atoms with van der Waals surface area (Å²) in [7, 11) is 1.68. The average Bonchev–Trinajstić information content (AvgIpc) is 2.14. The van der Waals surface area contributed by atoms with E-state index in [1.54, 1.807) is 7.11 Å². The van der Waals surface area contributed by atoms with Gasteiger partial charge in [0, 0.05) is 11.6 Å². The number of rotatable bonds is 3. The fourth-order valence-corrected chi connectivity index (χ4v) is 1.91. The fraction of sp³-hybridized carbons (Fsp3) is 0.538. The zero-order valence-corrected chi connectivity index (χ0v) is 10.8. The number of benzene rings is 1. The molecule has 0 aromatic heterocycles. The van der Waals surface area contributed by atoms with E-state index < -0.39 is 5.54 Å². The van der Waals surface area contributed by atoms with Crippen molar-refractivity contribution in [2.45, 2.75) is 39.3 Å². The molecule has 16 heavy (non-hydrogen) atoms. The molecule has 0 saturated heterocycles. The monoisotopic (exact) mass is 222 g/mol. The smallest absolute Gasteiger partial charge is 0.124 e. The van der Waals surface area contributed by atoms with Crippen molar-refractivity contribution in [2.75, 3.05) is 7.11 Å². The summed E-state index contributed by atoms with van der Waals surface area (Å²) in [5.41, 5.74) is 15.0. The quantitative estimate of drug-likeness (QED) is 0.822. The first-order chi connectivity index (χ1) is 7.27. The molecule has 1 aromatic carbocycles. The molecule has 90 valence electrons. The molecule has 3 heteroatoms. The second kappa shape index (κ2) is 4.44. The maximum atomic E-state index is 6.14. The molecule has 0 aliphatic heterocycles. The first-order valence-electron chi connectivity index (χ1n) is 5.47. The summed E-state index contributed by atoms with van der Waals surface area (Å²) in [4.78, 5) is 0. The van der Waals surface area contributed by atoms with Gasteiger partial charge in [0.25, 0.3) is 0 Å². The first-order valence-corrected chi connectivity index (χ1v) is 5.47. The fourth-order valence-electron chi connectivity index (χ4n) is 1.91. The first kappa shape index (κ1) is 13.0. The van der Waals surface area contributed by atoms with Crippen LogP contribution in [0.2, 0.25) is 0 Å². The molecule has 0 aliphatic carbocycles. The minimum atomic E-state index is -0.423. The Kier molecular flexibility index (Phi) is 3.61. The van der Waals surface area contributed by atoms with Crippen LogP contribution in [0, 0.1) is 13.8 Å². The molecule has 3 nitrogen and oxygen atoms in total. The molecule has 0 amide bonds. The van der Waals surface area contributed by atoms with Gasteiger partial charge in [-0.1, -0.05) is 12.1 Å². The highest BCUT2D eigenvalue weighted by Crippen LogP contribution is 2.29. The third-order valence-electron chi connectivity index (χ3n) is 2.85. The average molecular weight is 222 g/mol. The van der Waals surface area contributed by atoms with Gasteiger partial charge < -0.3 is 16.2 Å². The van der Waals surface area contributed by atoms with Crippen LogP contribution in [0.15, 0.2) is 12.1 Å². The maximum Gasteiger partial charge on any atom is 0.124 e. The van der Waals surface area contributed by atoms with Gasteiger partial charge in [-0.3, -0.25) is 0 Å². The van der Waals surface area contributed by atoms with Gasteiger partial charge in [-0.05, 0) is 44.4 Å². The van der Waals surface area contributed by atoms with Crippen LogP contribution in [-0.2, 0) is 0 Å².